The molecule has 0 bridgehead atoms. The van der Waals surface area contributed by atoms with Gasteiger partial charge in [-0.05, 0) is 33.4 Å². The van der Waals surface area contributed by atoms with Gasteiger partial charge in [0.15, 0.2) is 0 Å². The lowest BCUT2D eigenvalue weighted by Crippen LogP contribution is -2.33. The minimum absolute atomic E-state index is 0.504. The molecule has 1 aliphatic heterocycles. The standard InChI is InChI=1S/C10H18N4/c1-8-10(11)7-14(12-8)9-4-3-5-13(2)6-9/h7,9H,3-6,11H2,1-2H3/t9-/m1/s1. The average molecular weight is 194 g/mol. The van der Waals surface area contributed by atoms with Crippen LogP contribution in [0.5, 0.6) is 0 Å². The molecule has 4 heteroatoms. The van der Waals surface area contributed by atoms with Crippen molar-refractivity contribution in [3.05, 3.63) is 11.9 Å². The van der Waals surface area contributed by atoms with Gasteiger partial charge in [-0.1, -0.05) is 0 Å². The smallest absolute Gasteiger partial charge is 0.0823 e. The fourth-order valence-electron chi connectivity index (χ4n) is 2.04. The highest BCUT2D eigenvalue weighted by molar-refractivity contribution is 5.39. The molecule has 2 rings (SSSR count). The van der Waals surface area contributed by atoms with Crippen molar-refractivity contribution in [2.45, 2.75) is 25.8 Å². The Hall–Kier alpha value is -1.03. The number of nitrogen functional groups attached to an aromatic ring is 1. The molecule has 1 atom stereocenters. The Kier molecular flexibility index (Phi) is 2.46. The molecule has 4 nitrogen and oxygen atoms in total. The van der Waals surface area contributed by atoms with E-state index >= 15 is 0 Å². The Labute approximate surface area is 84.7 Å². The van der Waals surface area contributed by atoms with E-state index in [0.717, 1.165) is 17.9 Å². The Morgan fingerprint density at radius 1 is 1.57 bits per heavy atom. The number of likely N-dealkylation sites (N-methyl/N-ethyl adjacent to an activating group) is 1. The van der Waals surface area contributed by atoms with E-state index in [4.69, 9.17) is 5.73 Å². The molecule has 1 aromatic heterocycles. The molecule has 0 radical (unpaired) electrons. The third kappa shape index (κ3) is 1.75. The van der Waals surface area contributed by atoms with E-state index in [1.54, 1.807) is 0 Å². The van der Waals surface area contributed by atoms with Crippen molar-refractivity contribution >= 4 is 5.69 Å². The summed E-state index contributed by atoms with van der Waals surface area (Å²) in [7, 11) is 2.16. The van der Waals surface area contributed by atoms with Gasteiger partial charge in [0.25, 0.3) is 0 Å². The van der Waals surface area contributed by atoms with Crippen molar-refractivity contribution in [3.8, 4) is 0 Å². The highest BCUT2D eigenvalue weighted by Gasteiger charge is 2.19. The van der Waals surface area contributed by atoms with E-state index in [9.17, 15) is 0 Å². The molecule has 0 aliphatic carbocycles. The van der Waals surface area contributed by atoms with E-state index in [-0.39, 0.29) is 0 Å². The molecule has 1 aliphatic rings. The van der Waals surface area contributed by atoms with Gasteiger partial charge in [-0.15, -0.1) is 0 Å². The summed E-state index contributed by atoms with van der Waals surface area (Å²) in [6.07, 6.45) is 4.42. The number of hydrogen-bond donors (Lipinski definition) is 1. The molecule has 2 heterocycles. The maximum absolute atomic E-state index is 5.79. The van der Waals surface area contributed by atoms with Crippen LogP contribution in [0.4, 0.5) is 5.69 Å². The van der Waals surface area contributed by atoms with Crippen LogP contribution >= 0.6 is 0 Å². The number of nitrogens with zero attached hydrogens (tertiary/aromatic N) is 3. The van der Waals surface area contributed by atoms with Gasteiger partial charge in [-0.2, -0.15) is 5.10 Å². The lowest BCUT2D eigenvalue weighted by molar-refractivity contribution is 0.202. The normalized spacial score (nSPS) is 24.0. The van der Waals surface area contributed by atoms with E-state index in [0.29, 0.717) is 6.04 Å². The highest BCUT2D eigenvalue weighted by Crippen LogP contribution is 2.21. The van der Waals surface area contributed by atoms with E-state index < -0.39 is 0 Å². The topological polar surface area (TPSA) is 47.1 Å². The van der Waals surface area contributed by atoms with Crippen molar-refractivity contribution in [2.75, 3.05) is 25.9 Å². The number of nitrogens with two attached hydrogens (primary N) is 1. The van der Waals surface area contributed by atoms with Crippen molar-refractivity contribution in [2.24, 2.45) is 0 Å². The summed E-state index contributed by atoms with van der Waals surface area (Å²) < 4.78 is 2.03. The predicted molar refractivity (Wildman–Crippen MR) is 57.1 cm³/mol. The van der Waals surface area contributed by atoms with Gasteiger partial charge in [-0.3, -0.25) is 4.68 Å². The maximum Gasteiger partial charge on any atom is 0.0823 e. The van der Waals surface area contributed by atoms with Gasteiger partial charge in [0, 0.05) is 12.7 Å². The van der Waals surface area contributed by atoms with E-state index in [1.807, 2.05) is 17.8 Å². The van der Waals surface area contributed by atoms with Crippen LogP contribution < -0.4 is 5.73 Å². The number of anilines is 1. The summed E-state index contributed by atoms with van der Waals surface area (Å²) in [5.41, 5.74) is 7.53. The molecule has 1 fully saturated rings. The number of likely N-dealkylation sites (tertiary alicyclic amines) is 1. The van der Waals surface area contributed by atoms with Gasteiger partial charge in [-0.25, -0.2) is 0 Å². The number of rotatable bonds is 1. The summed E-state index contributed by atoms with van der Waals surface area (Å²) >= 11 is 0. The number of aryl methyl sites for hydroxylation is 1. The van der Waals surface area contributed by atoms with Crippen molar-refractivity contribution in [3.63, 3.8) is 0 Å². The predicted octanol–water partition coefficient (Wildman–Crippen LogP) is 1.04. The van der Waals surface area contributed by atoms with Gasteiger partial charge < -0.3 is 10.6 Å². The molecule has 0 unspecified atom stereocenters. The third-order valence-corrected chi connectivity index (χ3v) is 2.93. The minimum Gasteiger partial charge on any atom is -0.396 e. The van der Waals surface area contributed by atoms with Crippen molar-refractivity contribution in [1.82, 2.24) is 14.7 Å². The molecule has 0 aromatic carbocycles. The fourth-order valence-corrected chi connectivity index (χ4v) is 2.04. The first-order chi connectivity index (χ1) is 6.66. The second-order valence-corrected chi connectivity index (χ2v) is 4.21. The molecule has 1 saturated heterocycles. The Bertz CT molecular complexity index is 298. The molecule has 0 saturated carbocycles. The molecule has 0 amide bonds. The minimum atomic E-state index is 0.504. The lowest BCUT2D eigenvalue weighted by Gasteiger charge is -2.29. The summed E-state index contributed by atoms with van der Waals surface area (Å²) in [6, 6.07) is 0.504. The van der Waals surface area contributed by atoms with Gasteiger partial charge in [0.05, 0.1) is 17.4 Å². The average Bonchev–Trinajstić information content (AvgIpc) is 2.47. The van der Waals surface area contributed by atoms with Crippen LogP contribution in [0.2, 0.25) is 0 Å². The van der Waals surface area contributed by atoms with Gasteiger partial charge >= 0.3 is 0 Å². The summed E-state index contributed by atoms with van der Waals surface area (Å²) in [5, 5.41) is 4.43. The number of hydrogen-bond acceptors (Lipinski definition) is 3. The highest BCUT2D eigenvalue weighted by atomic mass is 15.3. The number of aromatic nitrogens is 2. The van der Waals surface area contributed by atoms with E-state index in [1.165, 1.54) is 19.4 Å². The third-order valence-electron chi connectivity index (χ3n) is 2.93. The zero-order valence-corrected chi connectivity index (χ0v) is 8.90. The molecule has 0 spiro atoms. The zero-order chi connectivity index (χ0) is 10.1. The molecular weight excluding hydrogens is 176 g/mol. The molecular formula is C10H18N4. The first-order valence-electron chi connectivity index (χ1n) is 5.16. The van der Waals surface area contributed by atoms with Crippen LogP contribution in [0, 0.1) is 6.92 Å². The van der Waals surface area contributed by atoms with Crippen LogP contribution in [0.1, 0.15) is 24.6 Å². The Morgan fingerprint density at radius 2 is 2.36 bits per heavy atom. The van der Waals surface area contributed by atoms with E-state index in [2.05, 4.69) is 17.0 Å². The summed E-state index contributed by atoms with van der Waals surface area (Å²) in [6.45, 7) is 4.24. The van der Waals surface area contributed by atoms with Crippen LogP contribution in [0.3, 0.4) is 0 Å². The monoisotopic (exact) mass is 194 g/mol. The second-order valence-electron chi connectivity index (χ2n) is 4.21. The Morgan fingerprint density at radius 3 is 2.93 bits per heavy atom. The SMILES string of the molecule is Cc1nn([C@@H]2CCCN(C)C2)cc1N. The summed E-state index contributed by atoms with van der Waals surface area (Å²) in [4.78, 5) is 2.35. The molecule has 14 heavy (non-hydrogen) atoms. The zero-order valence-electron chi connectivity index (χ0n) is 8.90. The van der Waals surface area contributed by atoms with Crippen LogP contribution in [-0.2, 0) is 0 Å². The van der Waals surface area contributed by atoms with Crippen molar-refractivity contribution < 1.29 is 0 Å². The van der Waals surface area contributed by atoms with Crippen LogP contribution in [0.25, 0.3) is 0 Å². The quantitative estimate of drug-likeness (QED) is 0.726. The lowest BCUT2D eigenvalue weighted by atomic mass is 10.1. The molecule has 78 valence electrons. The fraction of sp³-hybridized carbons (Fsp3) is 0.700. The molecule has 1 aromatic rings. The first kappa shape index (κ1) is 9.52. The van der Waals surface area contributed by atoms with Crippen molar-refractivity contribution in [1.29, 1.82) is 0 Å². The Balaban J connectivity index is 2.14. The maximum atomic E-state index is 5.79. The van der Waals surface area contributed by atoms with Gasteiger partial charge in [0.1, 0.15) is 0 Å². The van der Waals surface area contributed by atoms with Gasteiger partial charge in [0.2, 0.25) is 0 Å². The largest absolute Gasteiger partial charge is 0.396 e. The first-order valence-corrected chi connectivity index (χ1v) is 5.16. The second kappa shape index (κ2) is 3.61. The van der Waals surface area contributed by atoms with Crippen LogP contribution in [-0.4, -0.2) is 34.8 Å². The summed E-state index contributed by atoms with van der Waals surface area (Å²) in [5.74, 6) is 0. The number of piperidine rings is 1. The molecule has 2 N–H and O–H groups in total. The van der Waals surface area contributed by atoms with Crippen LogP contribution in [0.15, 0.2) is 6.20 Å².